The number of rotatable bonds is 4. The van der Waals surface area contributed by atoms with Gasteiger partial charge in [-0.25, -0.2) is 9.37 Å². The van der Waals surface area contributed by atoms with Gasteiger partial charge in [-0.2, -0.15) is 0 Å². The number of nitrogens with zero attached hydrogens (tertiary/aromatic N) is 2. The first-order valence-electron chi connectivity index (χ1n) is 8.14. The maximum absolute atomic E-state index is 13.4. The van der Waals surface area contributed by atoms with Crippen LogP contribution < -0.4 is 5.56 Å². The molecule has 1 saturated heterocycles. The van der Waals surface area contributed by atoms with Gasteiger partial charge in [0.2, 0.25) is 0 Å². The van der Waals surface area contributed by atoms with Crippen LogP contribution in [0.1, 0.15) is 24.2 Å². The van der Waals surface area contributed by atoms with E-state index in [9.17, 15) is 9.18 Å². The molecule has 1 aliphatic rings. The number of nitrogens with one attached hydrogen (secondary N) is 1. The minimum atomic E-state index is -0.189. The highest BCUT2D eigenvalue weighted by Crippen LogP contribution is 2.23. The average Bonchev–Trinajstić information content (AvgIpc) is 3.17. The average molecular weight is 343 g/mol. The van der Waals surface area contributed by atoms with Crippen molar-refractivity contribution in [1.29, 1.82) is 0 Å². The zero-order valence-corrected chi connectivity index (χ0v) is 14.0. The summed E-state index contributed by atoms with van der Waals surface area (Å²) in [7, 11) is 0. The Bertz CT molecular complexity index is 920. The van der Waals surface area contributed by atoms with Crippen LogP contribution in [0.15, 0.2) is 40.5 Å². The van der Waals surface area contributed by atoms with Gasteiger partial charge in [0.1, 0.15) is 16.3 Å². The monoisotopic (exact) mass is 343 g/mol. The van der Waals surface area contributed by atoms with Crippen molar-refractivity contribution in [3.8, 4) is 0 Å². The minimum Gasteiger partial charge on any atom is -0.308 e. The summed E-state index contributed by atoms with van der Waals surface area (Å²) in [6.07, 6.45) is 3.02. The molecule has 124 valence electrons. The van der Waals surface area contributed by atoms with Crippen LogP contribution in [0.4, 0.5) is 4.39 Å². The smallest absolute Gasteiger partial charge is 0.268 e. The second kappa shape index (κ2) is 6.45. The molecule has 0 spiro atoms. The SMILES string of the molecule is O=c1[nH]c(CN2CCC[C@H]2Cc2cccc(F)c2)nc2ccsc12. The highest BCUT2D eigenvalue weighted by molar-refractivity contribution is 7.17. The number of hydrogen-bond acceptors (Lipinski definition) is 4. The van der Waals surface area contributed by atoms with Crippen LogP contribution in [0.5, 0.6) is 0 Å². The molecule has 1 aromatic carbocycles. The maximum Gasteiger partial charge on any atom is 0.268 e. The van der Waals surface area contributed by atoms with Gasteiger partial charge in [0.15, 0.2) is 0 Å². The first kappa shape index (κ1) is 15.5. The largest absolute Gasteiger partial charge is 0.308 e. The molecule has 0 aliphatic carbocycles. The molecule has 4 nitrogen and oxygen atoms in total. The zero-order valence-electron chi connectivity index (χ0n) is 13.2. The Balaban J connectivity index is 1.53. The Labute approximate surface area is 143 Å². The summed E-state index contributed by atoms with van der Waals surface area (Å²) in [5.41, 5.74) is 1.71. The summed E-state index contributed by atoms with van der Waals surface area (Å²) in [4.78, 5) is 21.9. The maximum atomic E-state index is 13.4. The van der Waals surface area contributed by atoms with E-state index in [1.807, 2.05) is 17.5 Å². The quantitative estimate of drug-likeness (QED) is 0.790. The van der Waals surface area contributed by atoms with Crippen molar-refractivity contribution in [3.63, 3.8) is 0 Å². The van der Waals surface area contributed by atoms with E-state index in [-0.39, 0.29) is 11.4 Å². The third kappa shape index (κ3) is 3.12. The number of halogens is 1. The number of fused-ring (bicyclic) bond motifs is 1. The summed E-state index contributed by atoms with van der Waals surface area (Å²) < 4.78 is 14.1. The first-order chi connectivity index (χ1) is 11.7. The molecule has 1 N–H and O–H groups in total. The number of aromatic amines is 1. The minimum absolute atomic E-state index is 0.0640. The Hall–Kier alpha value is -2.05. The van der Waals surface area contributed by atoms with Crippen molar-refractivity contribution < 1.29 is 4.39 Å². The molecule has 3 heterocycles. The first-order valence-corrected chi connectivity index (χ1v) is 9.02. The van der Waals surface area contributed by atoms with Crippen molar-refractivity contribution in [2.75, 3.05) is 6.54 Å². The molecular formula is C18H18FN3OS. The van der Waals surface area contributed by atoms with Crippen LogP contribution >= 0.6 is 11.3 Å². The number of thiophene rings is 1. The van der Waals surface area contributed by atoms with E-state index in [1.54, 1.807) is 12.1 Å². The molecule has 0 amide bonds. The molecule has 0 bridgehead atoms. The van der Waals surface area contributed by atoms with Gasteiger partial charge in [-0.3, -0.25) is 9.69 Å². The molecule has 4 rings (SSSR count). The Morgan fingerprint density at radius 3 is 3.17 bits per heavy atom. The van der Waals surface area contributed by atoms with E-state index < -0.39 is 0 Å². The Kier molecular flexibility index (Phi) is 4.16. The molecule has 6 heteroatoms. The summed E-state index contributed by atoms with van der Waals surface area (Å²) in [5.74, 6) is 0.517. The summed E-state index contributed by atoms with van der Waals surface area (Å²) in [6.45, 7) is 1.60. The molecule has 24 heavy (non-hydrogen) atoms. The summed E-state index contributed by atoms with van der Waals surface area (Å²) in [6, 6.07) is 9.04. The predicted molar refractivity (Wildman–Crippen MR) is 93.8 cm³/mol. The van der Waals surface area contributed by atoms with Gasteiger partial charge >= 0.3 is 0 Å². The Morgan fingerprint density at radius 1 is 1.38 bits per heavy atom. The fourth-order valence-corrected chi connectivity index (χ4v) is 4.18. The van der Waals surface area contributed by atoms with Gasteiger partial charge in [-0.05, 0) is 54.9 Å². The molecule has 0 unspecified atom stereocenters. The summed E-state index contributed by atoms with van der Waals surface area (Å²) >= 11 is 1.41. The van der Waals surface area contributed by atoms with Gasteiger partial charge in [-0.1, -0.05) is 12.1 Å². The second-order valence-electron chi connectivity index (χ2n) is 6.25. The van der Waals surface area contributed by atoms with Gasteiger partial charge in [-0.15, -0.1) is 11.3 Å². The van der Waals surface area contributed by atoms with Crippen molar-refractivity contribution in [3.05, 3.63) is 63.3 Å². The van der Waals surface area contributed by atoms with E-state index in [2.05, 4.69) is 14.9 Å². The van der Waals surface area contributed by atoms with Crippen molar-refractivity contribution in [2.24, 2.45) is 0 Å². The van der Waals surface area contributed by atoms with E-state index in [4.69, 9.17) is 0 Å². The Morgan fingerprint density at radius 2 is 2.29 bits per heavy atom. The molecule has 1 fully saturated rings. The number of hydrogen-bond donors (Lipinski definition) is 1. The molecular weight excluding hydrogens is 325 g/mol. The van der Waals surface area contributed by atoms with Crippen LogP contribution in [0, 0.1) is 5.82 Å². The predicted octanol–water partition coefficient (Wildman–Crippen LogP) is 3.33. The third-order valence-corrected chi connectivity index (χ3v) is 5.48. The van der Waals surface area contributed by atoms with Gasteiger partial charge < -0.3 is 4.98 Å². The van der Waals surface area contributed by atoms with Crippen LogP contribution in [0.3, 0.4) is 0 Å². The topological polar surface area (TPSA) is 49.0 Å². The highest BCUT2D eigenvalue weighted by atomic mass is 32.1. The molecule has 1 atom stereocenters. The lowest BCUT2D eigenvalue weighted by Crippen LogP contribution is -2.32. The van der Waals surface area contributed by atoms with Crippen molar-refractivity contribution in [1.82, 2.24) is 14.9 Å². The molecule has 0 saturated carbocycles. The molecule has 0 radical (unpaired) electrons. The van der Waals surface area contributed by atoms with E-state index in [0.717, 1.165) is 36.9 Å². The van der Waals surface area contributed by atoms with Crippen LogP contribution in [0.25, 0.3) is 10.2 Å². The van der Waals surface area contributed by atoms with Crippen molar-refractivity contribution >= 4 is 21.6 Å². The number of benzene rings is 1. The second-order valence-corrected chi connectivity index (χ2v) is 7.16. The van der Waals surface area contributed by atoms with E-state index >= 15 is 0 Å². The van der Waals surface area contributed by atoms with E-state index in [0.29, 0.717) is 23.1 Å². The van der Waals surface area contributed by atoms with Gasteiger partial charge in [0, 0.05) is 6.04 Å². The number of likely N-dealkylation sites (tertiary alicyclic amines) is 1. The standard InChI is InChI=1S/C18H18FN3OS/c19-13-4-1-3-12(9-13)10-14-5-2-7-22(14)11-16-20-15-6-8-24-17(15)18(23)21-16/h1,3-4,6,8-9,14H,2,5,7,10-11H2,(H,20,21,23)/t14-/m0/s1. The number of H-pyrrole nitrogens is 1. The molecule has 3 aromatic rings. The van der Waals surface area contributed by atoms with Crippen LogP contribution in [0.2, 0.25) is 0 Å². The van der Waals surface area contributed by atoms with Crippen molar-refractivity contribution in [2.45, 2.75) is 31.8 Å². The third-order valence-electron chi connectivity index (χ3n) is 4.58. The molecule has 1 aliphatic heterocycles. The van der Waals surface area contributed by atoms with Crippen LogP contribution in [-0.4, -0.2) is 27.5 Å². The summed E-state index contributed by atoms with van der Waals surface area (Å²) in [5, 5.41) is 1.89. The van der Waals surface area contributed by atoms with Crippen LogP contribution in [-0.2, 0) is 13.0 Å². The normalized spacial score (nSPS) is 18.5. The number of aromatic nitrogens is 2. The fourth-order valence-electron chi connectivity index (χ4n) is 3.46. The van der Waals surface area contributed by atoms with E-state index in [1.165, 1.54) is 17.4 Å². The van der Waals surface area contributed by atoms with Gasteiger partial charge in [0.25, 0.3) is 5.56 Å². The lowest BCUT2D eigenvalue weighted by molar-refractivity contribution is 0.238. The lowest BCUT2D eigenvalue weighted by Gasteiger charge is -2.24. The molecule has 2 aromatic heterocycles. The zero-order chi connectivity index (χ0) is 16.5. The highest BCUT2D eigenvalue weighted by Gasteiger charge is 2.25. The van der Waals surface area contributed by atoms with Gasteiger partial charge in [0.05, 0.1) is 12.1 Å². The fraction of sp³-hybridized carbons (Fsp3) is 0.333. The lowest BCUT2D eigenvalue weighted by atomic mass is 10.0.